The molecule has 17 heavy (non-hydrogen) atoms. The van der Waals surface area contributed by atoms with E-state index in [2.05, 4.69) is 30.3 Å². The van der Waals surface area contributed by atoms with Crippen molar-refractivity contribution in [2.45, 2.75) is 6.54 Å². The maximum Gasteiger partial charge on any atom is 0.231 e. The fraction of sp³-hybridized carbons (Fsp3) is 0.214. The highest BCUT2D eigenvalue weighted by molar-refractivity contribution is 5.83. The van der Waals surface area contributed by atoms with Gasteiger partial charge in [-0.3, -0.25) is 9.69 Å². The summed E-state index contributed by atoms with van der Waals surface area (Å²) < 4.78 is 0. The number of nitrogens with zero attached hydrogens (tertiary/aromatic N) is 1. The van der Waals surface area contributed by atoms with Crippen molar-refractivity contribution in [2.75, 3.05) is 13.6 Å². The van der Waals surface area contributed by atoms with Crippen LogP contribution >= 0.6 is 0 Å². The second-order valence-electron chi connectivity index (χ2n) is 4.32. The smallest absolute Gasteiger partial charge is 0.231 e. The van der Waals surface area contributed by atoms with E-state index in [4.69, 9.17) is 5.73 Å². The molecular formula is C14H16N2O. The number of nitrogens with two attached hydrogens (primary N) is 1. The van der Waals surface area contributed by atoms with Gasteiger partial charge in [0.2, 0.25) is 5.91 Å². The van der Waals surface area contributed by atoms with Crippen LogP contribution in [0.1, 0.15) is 5.56 Å². The largest absolute Gasteiger partial charge is 0.369 e. The highest BCUT2D eigenvalue weighted by Gasteiger charge is 2.04. The molecule has 0 radical (unpaired) electrons. The van der Waals surface area contributed by atoms with Gasteiger partial charge in [0.1, 0.15) is 0 Å². The first-order valence-electron chi connectivity index (χ1n) is 5.59. The third-order valence-electron chi connectivity index (χ3n) is 2.69. The van der Waals surface area contributed by atoms with Gasteiger partial charge in [0.15, 0.2) is 0 Å². The highest BCUT2D eigenvalue weighted by atomic mass is 16.1. The SMILES string of the molecule is CN(CC(N)=O)Cc1ccc2ccccc2c1. The van der Waals surface area contributed by atoms with Crippen molar-refractivity contribution >= 4 is 16.7 Å². The summed E-state index contributed by atoms with van der Waals surface area (Å²) in [7, 11) is 1.89. The van der Waals surface area contributed by atoms with E-state index in [1.807, 2.05) is 24.1 Å². The maximum absolute atomic E-state index is 10.8. The normalized spacial score (nSPS) is 10.9. The molecule has 2 aromatic carbocycles. The average Bonchev–Trinajstić information content (AvgIpc) is 2.27. The molecule has 2 N–H and O–H groups in total. The molecule has 0 bridgehead atoms. The Morgan fingerprint density at radius 1 is 1.18 bits per heavy atom. The minimum atomic E-state index is -0.298. The number of amides is 1. The van der Waals surface area contributed by atoms with Gasteiger partial charge < -0.3 is 5.73 Å². The van der Waals surface area contributed by atoms with Crippen LogP contribution in [-0.4, -0.2) is 24.4 Å². The summed E-state index contributed by atoms with van der Waals surface area (Å²) >= 11 is 0. The van der Waals surface area contributed by atoms with Crippen LogP contribution in [0.2, 0.25) is 0 Å². The van der Waals surface area contributed by atoms with Gasteiger partial charge in [-0.05, 0) is 29.4 Å². The summed E-state index contributed by atoms with van der Waals surface area (Å²) in [6.07, 6.45) is 0. The lowest BCUT2D eigenvalue weighted by molar-refractivity contribution is -0.118. The fourth-order valence-electron chi connectivity index (χ4n) is 1.97. The molecule has 0 saturated heterocycles. The van der Waals surface area contributed by atoms with E-state index < -0.39 is 0 Å². The molecule has 0 aliphatic rings. The third-order valence-corrected chi connectivity index (χ3v) is 2.69. The van der Waals surface area contributed by atoms with E-state index in [1.54, 1.807) is 0 Å². The molecule has 0 heterocycles. The Morgan fingerprint density at radius 2 is 1.88 bits per heavy atom. The molecule has 1 amide bonds. The van der Waals surface area contributed by atoms with Crippen LogP contribution in [0.25, 0.3) is 10.8 Å². The molecule has 0 unspecified atom stereocenters. The van der Waals surface area contributed by atoms with E-state index in [9.17, 15) is 4.79 Å². The van der Waals surface area contributed by atoms with Crippen molar-refractivity contribution in [3.63, 3.8) is 0 Å². The lowest BCUT2D eigenvalue weighted by Crippen LogP contribution is -2.30. The number of carbonyl (C=O) groups excluding carboxylic acids is 1. The van der Waals surface area contributed by atoms with Gasteiger partial charge in [0, 0.05) is 6.54 Å². The number of rotatable bonds is 4. The van der Waals surface area contributed by atoms with E-state index in [0.717, 1.165) is 6.54 Å². The molecule has 0 aliphatic heterocycles. The Bertz CT molecular complexity index is 536. The summed E-state index contributed by atoms with van der Waals surface area (Å²) in [4.78, 5) is 12.7. The Morgan fingerprint density at radius 3 is 2.59 bits per heavy atom. The zero-order valence-corrected chi connectivity index (χ0v) is 9.89. The van der Waals surface area contributed by atoms with Crippen molar-refractivity contribution < 1.29 is 4.79 Å². The van der Waals surface area contributed by atoms with E-state index >= 15 is 0 Å². The molecule has 2 rings (SSSR count). The zero-order chi connectivity index (χ0) is 12.3. The number of primary amides is 1. The van der Waals surface area contributed by atoms with Gasteiger partial charge in [0.25, 0.3) is 0 Å². The number of fused-ring (bicyclic) bond motifs is 1. The van der Waals surface area contributed by atoms with Crippen molar-refractivity contribution in [3.8, 4) is 0 Å². The van der Waals surface area contributed by atoms with Gasteiger partial charge >= 0.3 is 0 Å². The lowest BCUT2D eigenvalue weighted by Gasteiger charge is -2.14. The molecule has 0 atom stereocenters. The number of hydrogen-bond acceptors (Lipinski definition) is 2. The molecule has 0 spiro atoms. The first kappa shape index (κ1) is 11.6. The Hall–Kier alpha value is -1.87. The number of benzene rings is 2. The van der Waals surface area contributed by atoms with Crippen LogP contribution in [-0.2, 0) is 11.3 Å². The number of carbonyl (C=O) groups is 1. The third kappa shape index (κ3) is 3.04. The first-order valence-corrected chi connectivity index (χ1v) is 5.59. The van der Waals surface area contributed by atoms with Gasteiger partial charge in [0.05, 0.1) is 6.54 Å². The van der Waals surface area contributed by atoms with Crippen molar-refractivity contribution in [2.24, 2.45) is 5.73 Å². The molecule has 3 nitrogen and oxygen atoms in total. The molecular weight excluding hydrogens is 212 g/mol. The molecule has 0 aliphatic carbocycles. The van der Waals surface area contributed by atoms with Crippen LogP contribution < -0.4 is 5.73 Å². The summed E-state index contributed by atoms with van der Waals surface area (Å²) in [5.74, 6) is -0.298. The van der Waals surface area contributed by atoms with Gasteiger partial charge in [-0.25, -0.2) is 0 Å². The minimum Gasteiger partial charge on any atom is -0.369 e. The average molecular weight is 228 g/mol. The van der Waals surface area contributed by atoms with Crippen LogP contribution in [0.5, 0.6) is 0 Å². The second kappa shape index (κ2) is 4.97. The monoisotopic (exact) mass is 228 g/mol. The highest BCUT2D eigenvalue weighted by Crippen LogP contribution is 2.16. The molecule has 3 heteroatoms. The summed E-state index contributed by atoms with van der Waals surface area (Å²) in [5, 5.41) is 2.45. The first-order chi connectivity index (χ1) is 8.15. The standard InChI is InChI=1S/C14H16N2O/c1-16(10-14(15)17)9-11-6-7-12-4-2-3-5-13(12)8-11/h2-8H,9-10H2,1H3,(H2,15,17). The van der Waals surface area contributed by atoms with Gasteiger partial charge in [-0.15, -0.1) is 0 Å². The quantitative estimate of drug-likeness (QED) is 0.866. The Labute approximate surface area is 101 Å². The summed E-state index contributed by atoms with van der Waals surface area (Å²) in [5.41, 5.74) is 6.34. The van der Waals surface area contributed by atoms with Crippen LogP contribution in [0.15, 0.2) is 42.5 Å². The number of likely N-dealkylation sites (N-methyl/N-ethyl adjacent to an activating group) is 1. The van der Waals surface area contributed by atoms with E-state index in [1.165, 1.54) is 16.3 Å². The predicted molar refractivity (Wildman–Crippen MR) is 69.5 cm³/mol. The zero-order valence-electron chi connectivity index (χ0n) is 9.89. The molecule has 2 aromatic rings. The maximum atomic E-state index is 10.8. The van der Waals surface area contributed by atoms with Crippen molar-refractivity contribution in [1.82, 2.24) is 4.90 Å². The van der Waals surface area contributed by atoms with Crippen LogP contribution in [0.3, 0.4) is 0 Å². The Kier molecular flexibility index (Phi) is 3.40. The minimum absolute atomic E-state index is 0.285. The topological polar surface area (TPSA) is 46.3 Å². The van der Waals surface area contributed by atoms with E-state index in [-0.39, 0.29) is 12.5 Å². The second-order valence-corrected chi connectivity index (χ2v) is 4.32. The van der Waals surface area contributed by atoms with Gasteiger partial charge in [-0.2, -0.15) is 0 Å². The summed E-state index contributed by atoms with van der Waals surface area (Å²) in [6, 6.07) is 14.6. The van der Waals surface area contributed by atoms with Gasteiger partial charge in [-0.1, -0.05) is 36.4 Å². The summed E-state index contributed by atoms with van der Waals surface area (Å²) in [6.45, 7) is 1.01. The fourth-order valence-corrected chi connectivity index (χ4v) is 1.97. The van der Waals surface area contributed by atoms with Crippen LogP contribution in [0.4, 0.5) is 0 Å². The molecule has 88 valence electrons. The molecule has 0 fully saturated rings. The van der Waals surface area contributed by atoms with Crippen LogP contribution in [0, 0.1) is 0 Å². The van der Waals surface area contributed by atoms with Crippen molar-refractivity contribution in [1.29, 1.82) is 0 Å². The molecule has 0 saturated carbocycles. The van der Waals surface area contributed by atoms with Crippen molar-refractivity contribution in [3.05, 3.63) is 48.0 Å². The predicted octanol–water partition coefficient (Wildman–Crippen LogP) is 1.76. The Balaban J connectivity index is 2.16. The van der Waals surface area contributed by atoms with E-state index in [0.29, 0.717) is 0 Å². The lowest BCUT2D eigenvalue weighted by atomic mass is 10.1. The molecule has 0 aromatic heterocycles. The number of hydrogen-bond donors (Lipinski definition) is 1.